The Labute approximate surface area is 112 Å². The predicted molar refractivity (Wildman–Crippen MR) is 71.0 cm³/mol. The predicted octanol–water partition coefficient (Wildman–Crippen LogP) is 1.54. The molecule has 1 fully saturated rings. The van der Waals surface area contributed by atoms with E-state index >= 15 is 0 Å². The SMILES string of the molecule is CNCC(=O)N1CCC(Oc2ccccc2Cl)C1. The van der Waals surface area contributed by atoms with E-state index < -0.39 is 0 Å². The molecule has 1 amide bonds. The Bertz CT molecular complexity index is 425. The third-order valence-electron chi connectivity index (χ3n) is 2.96. The van der Waals surface area contributed by atoms with Crippen molar-refractivity contribution in [2.75, 3.05) is 26.7 Å². The Hall–Kier alpha value is -1.26. The minimum absolute atomic E-state index is 0.0331. The minimum atomic E-state index is 0.0331. The molecule has 1 aliphatic rings. The third kappa shape index (κ3) is 3.15. The lowest BCUT2D eigenvalue weighted by Crippen LogP contribution is -2.36. The maximum atomic E-state index is 11.7. The summed E-state index contributed by atoms with van der Waals surface area (Å²) < 4.78 is 5.82. The van der Waals surface area contributed by atoms with Crippen molar-refractivity contribution in [3.63, 3.8) is 0 Å². The fraction of sp³-hybridized carbons (Fsp3) is 0.462. The summed E-state index contributed by atoms with van der Waals surface area (Å²) in [6.07, 6.45) is 0.881. The zero-order chi connectivity index (χ0) is 13.0. The van der Waals surface area contributed by atoms with E-state index in [1.165, 1.54) is 0 Å². The second-order valence-corrected chi connectivity index (χ2v) is 4.74. The molecule has 0 aromatic heterocycles. The summed E-state index contributed by atoms with van der Waals surface area (Å²) in [6, 6.07) is 7.41. The van der Waals surface area contributed by atoms with Gasteiger partial charge < -0.3 is 15.0 Å². The Morgan fingerprint density at radius 3 is 3.06 bits per heavy atom. The fourth-order valence-electron chi connectivity index (χ4n) is 2.03. The van der Waals surface area contributed by atoms with Crippen LogP contribution in [0, 0.1) is 0 Å². The molecule has 1 N–H and O–H groups in total. The fourth-order valence-corrected chi connectivity index (χ4v) is 2.21. The summed E-state index contributed by atoms with van der Waals surface area (Å²) in [5.41, 5.74) is 0. The molecule has 1 unspecified atom stereocenters. The van der Waals surface area contributed by atoms with Crippen LogP contribution in [0.25, 0.3) is 0 Å². The number of carbonyl (C=O) groups is 1. The molecule has 0 spiro atoms. The second kappa shape index (κ2) is 6.07. The quantitative estimate of drug-likeness (QED) is 0.901. The van der Waals surface area contributed by atoms with Gasteiger partial charge in [-0.05, 0) is 19.2 Å². The van der Waals surface area contributed by atoms with Crippen LogP contribution in [0.1, 0.15) is 6.42 Å². The Kier molecular flexibility index (Phi) is 4.44. The van der Waals surface area contributed by atoms with Crippen LogP contribution in [-0.2, 0) is 4.79 Å². The van der Waals surface area contributed by atoms with Crippen molar-refractivity contribution in [1.29, 1.82) is 0 Å². The minimum Gasteiger partial charge on any atom is -0.487 e. The van der Waals surface area contributed by atoms with Gasteiger partial charge in [-0.1, -0.05) is 23.7 Å². The Morgan fingerprint density at radius 2 is 2.33 bits per heavy atom. The molecule has 0 aliphatic carbocycles. The molecule has 1 saturated heterocycles. The number of carbonyl (C=O) groups excluding carboxylic acids is 1. The summed E-state index contributed by atoms with van der Waals surface area (Å²) in [7, 11) is 1.77. The Balaban J connectivity index is 1.90. The van der Waals surface area contributed by atoms with Gasteiger partial charge in [0.25, 0.3) is 0 Å². The van der Waals surface area contributed by atoms with E-state index in [2.05, 4.69) is 5.32 Å². The van der Waals surface area contributed by atoms with Crippen molar-refractivity contribution in [3.8, 4) is 5.75 Å². The first-order valence-electron chi connectivity index (χ1n) is 6.04. The molecule has 1 atom stereocenters. The van der Waals surface area contributed by atoms with E-state index in [0.717, 1.165) is 13.0 Å². The molecule has 1 aromatic rings. The van der Waals surface area contributed by atoms with Crippen molar-refractivity contribution in [2.45, 2.75) is 12.5 Å². The van der Waals surface area contributed by atoms with Crippen molar-refractivity contribution in [2.24, 2.45) is 0 Å². The standard InChI is InChI=1S/C13H17ClN2O2/c1-15-8-13(17)16-7-6-10(9-16)18-12-5-3-2-4-11(12)14/h2-5,10,15H,6-9H2,1H3. The van der Waals surface area contributed by atoms with Gasteiger partial charge in [0, 0.05) is 13.0 Å². The van der Waals surface area contributed by atoms with Gasteiger partial charge >= 0.3 is 0 Å². The summed E-state index contributed by atoms with van der Waals surface area (Å²) in [4.78, 5) is 13.5. The molecule has 4 nitrogen and oxygen atoms in total. The third-order valence-corrected chi connectivity index (χ3v) is 3.27. The smallest absolute Gasteiger partial charge is 0.236 e. The van der Waals surface area contributed by atoms with Gasteiger partial charge in [0.1, 0.15) is 11.9 Å². The second-order valence-electron chi connectivity index (χ2n) is 4.33. The molecule has 1 aliphatic heterocycles. The van der Waals surface area contributed by atoms with E-state index in [9.17, 15) is 4.79 Å². The molecule has 1 heterocycles. The average molecular weight is 269 g/mol. The van der Waals surface area contributed by atoms with Gasteiger partial charge in [-0.3, -0.25) is 4.79 Å². The molecule has 98 valence electrons. The summed E-state index contributed by atoms with van der Waals surface area (Å²) in [5, 5.41) is 3.47. The van der Waals surface area contributed by atoms with E-state index in [-0.39, 0.29) is 12.0 Å². The molecule has 1 aromatic carbocycles. The van der Waals surface area contributed by atoms with Gasteiger partial charge in [0.15, 0.2) is 0 Å². The number of halogens is 1. The number of amides is 1. The molecular formula is C13H17ClN2O2. The van der Waals surface area contributed by atoms with Crippen LogP contribution in [0.15, 0.2) is 24.3 Å². The number of para-hydroxylation sites is 1. The number of likely N-dealkylation sites (tertiary alicyclic amines) is 1. The number of ether oxygens (including phenoxy) is 1. The highest BCUT2D eigenvalue weighted by atomic mass is 35.5. The van der Waals surface area contributed by atoms with E-state index in [4.69, 9.17) is 16.3 Å². The molecule has 5 heteroatoms. The zero-order valence-corrected chi connectivity index (χ0v) is 11.1. The molecule has 2 rings (SSSR count). The van der Waals surface area contributed by atoms with Gasteiger partial charge in [-0.25, -0.2) is 0 Å². The topological polar surface area (TPSA) is 41.6 Å². The lowest BCUT2D eigenvalue weighted by Gasteiger charge is -2.17. The van der Waals surface area contributed by atoms with Crippen LogP contribution < -0.4 is 10.1 Å². The first-order valence-corrected chi connectivity index (χ1v) is 6.42. The highest BCUT2D eigenvalue weighted by Gasteiger charge is 2.27. The summed E-state index contributed by atoms with van der Waals surface area (Å²) in [6.45, 7) is 1.75. The van der Waals surface area contributed by atoms with Crippen molar-refractivity contribution >= 4 is 17.5 Å². The van der Waals surface area contributed by atoms with E-state index in [0.29, 0.717) is 23.9 Å². The van der Waals surface area contributed by atoms with Crippen molar-refractivity contribution in [1.82, 2.24) is 10.2 Å². The zero-order valence-electron chi connectivity index (χ0n) is 10.4. The van der Waals surface area contributed by atoms with Gasteiger partial charge in [-0.15, -0.1) is 0 Å². The molecule has 0 saturated carbocycles. The van der Waals surface area contributed by atoms with Crippen LogP contribution in [0.2, 0.25) is 5.02 Å². The van der Waals surface area contributed by atoms with E-state index in [1.54, 1.807) is 13.1 Å². The molecule has 0 bridgehead atoms. The lowest BCUT2D eigenvalue weighted by molar-refractivity contribution is -0.129. The Morgan fingerprint density at radius 1 is 1.56 bits per heavy atom. The number of hydrogen-bond donors (Lipinski definition) is 1. The van der Waals surface area contributed by atoms with Gasteiger partial charge in [0.2, 0.25) is 5.91 Å². The van der Waals surface area contributed by atoms with Crippen molar-refractivity contribution < 1.29 is 9.53 Å². The van der Waals surface area contributed by atoms with Crippen LogP contribution in [0.3, 0.4) is 0 Å². The van der Waals surface area contributed by atoms with Crippen molar-refractivity contribution in [3.05, 3.63) is 29.3 Å². The maximum absolute atomic E-state index is 11.7. The average Bonchev–Trinajstić information content (AvgIpc) is 2.81. The maximum Gasteiger partial charge on any atom is 0.236 e. The number of nitrogens with one attached hydrogen (secondary N) is 1. The lowest BCUT2D eigenvalue weighted by atomic mass is 10.3. The number of rotatable bonds is 4. The molecule has 18 heavy (non-hydrogen) atoms. The first kappa shape index (κ1) is 13.2. The first-order chi connectivity index (χ1) is 8.70. The largest absolute Gasteiger partial charge is 0.487 e. The molecular weight excluding hydrogens is 252 g/mol. The number of benzene rings is 1. The van der Waals surface area contributed by atoms with Gasteiger partial charge in [-0.2, -0.15) is 0 Å². The summed E-state index contributed by atoms with van der Waals surface area (Å²) >= 11 is 6.04. The number of nitrogens with zero attached hydrogens (tertiary/aromatic N) is 1. The highest BCUT2D eigenvalue weighted by Crippen LogP contribution is 2.26. The van der Waals surface area contributed by atoms with E-state index in [1.807, 2.05) is 23.1 Å². The van der Waals surface area contributed by atoms with Crippen LogP contribution in [0.5, 0.6) is 5.75 Å². The highest BCUT2D eigenvalue weighted by molar-refractivity contribution is 6.32. The number of likely N-dealkylation sites (N-methyl/N-ethyl adjacent to an activating group) is 1. The van der Waals surface area contributed by atoms with Crippen LogP contribution in [0.4, 0.5) is 0 Å². The normalized spacial score (nSPS) is 19.0. The van der Waals surface area contributed by atoms with Crippen LogP contribution >= 0.6 is 11.6 Å². The monoisotopic (exact) mass is 268 g/mol. The van der Waals surface area contributed by atoms with Gasteiger partial charge in [0.05, 0.1) is 18.1 Å². The van der Waals surface area contributed by atoms with Crippen LogP contribution in [-0.4, -0.2) is 43.6 Å². The molecule has 0 radical (unpaired) electrons. The summed E-state index contributed by atoms with van der Waals surface area (Å²) in [5.74, 6) is 0.801. The number of hydrogen-bond acceptors (Lipinski definition) is 3.